The van der Waals surface area contributed by atoms with Crippen LogP contribution in [0.4, 0.5) is 4.79 Å². The molecule has 9 nitrogen and oxygen atoms in total. The van der Waals surface area contributed by atoms with Crippen LogP contribution in [-0.4, -0.2) is 81.3 Å². The number of thioether (sulfide) groups is 1. The van der Waals surface area contributed by atoms with Gasteiger partial charge in [0.15, 0.2) is 5.76 Å². The van der Waals surface area contributed by atoms with Crippen LogP contribution in [0.15, 0.2) is 75.5 Å². The molecule has 8 rings (SSSR count). The predicted octanol–water partition coefficient (Wildman–Crippen LogP) is 8.33. The summed E-state index contributed by atoms with van der Waals surface area (Å²) < 4.78 is 0. The molecule has 2 heterocycles. The van der Waals surface area contributed by atoms with Crippen molar-refractivity contribution < 1.29 is 29.1 Å². The van der Waals surface area contributed by atoms with Gasteiger partial charge in [0.2, 0.25) is 17.6 Å². The molecule has 56 heavy (non-hydrogen) atoms. The van der Waals surface area contributed by atoms with E-state index in [9.17, 15) is 29.1 Å². The second-order valence-corrected chi connectivity index (χ2v) is 20.0. The maximum absolute atomic E-state index is 14.6. The normalized spacial score (nSPS) is 36.4. The van der Waals surface area contributed by atoms with E-state index in [0.29, 0.717) is 42.6 Å². The van der Waals surface area contributed by atoms with Crippen LogP contribution in [0, 0.1) is 39.9 Å². The maximum Gasteiger partial charge on any atom is 0.294 e. The predicted molar refractivity (Wildman–Crippen MR) is 218 cm³/mol. The van der Waals surface area contributed by atoms with Gasteiger partial charge in [-0.05, 0) is 122 Å². The Hall–Kier alpha value is -4.18. The van der Waals surface area contributed by atoms with Gasteiger partial charge in [-0.2, -0.15) is 0 Å². The number of allylic oxidation sites excluding steroid dienone is 7. The molecule has 0 unspecified atom stereocenters. The van der Waals surface area contributed by atoms with Crippen molar-refractivity contribution in [2.45, 2.75) is 93.4 Å². The summed E-state index contributed by atoms with van der Waals surface area (Å²) in [5.41, 5.74) is 5.01. The lowest BCUT2D eigenvalue weighted by Gasteiger charge is -2.70. The molecule has 1 aromatic carbocycles. The molecular formula is C46H55N3O6S. The van der Waals surface area contributed by atoms with Gasteiger partial charge in [-0.15, -0.1) is 0 Å². The van der Waals surface area contributed by atoms with E-state index in [4.69, 9.17) is 0 Å². The summed E-state index contributed by atoms with van der Waals surface area (Å²) in [6.07, 6.45) is 14.4. The molecule has 4 amide bonds. The smallest absolute Gasteiger partial charge is 0.294 e. The monoisotopic (exact) mass is 777 g/mol. The minimum atomic E-state index is -0.532. The number of fused-ring (bicyclic) bond motifs is 7. The first-order valence-corrected chi connectivity index (χ1v) is 21.1. The maximum atomic E-state index is 14.6. The SMILES string of the molecule is CC1=C(O)C(=O)C=C2C1=CC=C1[C@@]2(C)CC[C@@]2(C)[C@@H]3C[C@](C)(C(=O)N4CCN(C(=O)CN5C(=O)S/C(=C\c6cccc(C)c6)C5=O)CC4)CC[C@]3(C)CC[C@]12C. The van der Waals surface area contributed by atoms with Gasteiger partial charge in [0.1, 0.15) is 6.54 Å². The Balaban J connectivity index is 0.952. The summed E-state index contributed by atoms with van der Waals surface area (Å²) in [7, 11) is 0. The van der Waals surface area contributed by atoms with Crippen molar-refractivity contribution in [2.24, 2.45) is 33.0 Å². The van der Waals surface area contributed by atoms with Crippen LogP contribution in [0.2, 0.25) is 0 Å². The highest BCUT2D eigenvalue weighted by Crippen LogP contribution is 2.75. The lowest BCUT2D eigenvalue weighted by atomic mass is 9.34. The van der Waals surface area contributed by atoms with Gasteiger partial charge in [-0.25, -0.2) is 0 Å². The van der Waals surface area contributed by atoms with E-state index in [2.05, 4.69) is 46.8 Å². The number of benzene rings is 1. The molecule has 0 bridgehead atoms. The first-order chi connectivity index (χ1) is 26.3. The molecule has 0 aromatic heterocycles. The molecule has 3 saturated carbocycles. The molecule has 0 radical (unpaired) electrons. The fourth-order valence-corrected chi connectivity index (χ4v) is 12.8. The average Bonchev–Trinajstić information content (AvgIpc) is 3.42. The number of aliphatic hydroxyl groups excluding tert-OH is 1. The molecule has 6 atom stereocenters. The van der Waals surface area contributed by atoms with Crippen LogP contribution in [0.25, 0.3) is 6.08 Å². The van der Waals surface area contributed by atoms with Crippen molar-refractivity contribution in [1.82, 2.24) is 14.7 Å². The quantitative estimate of drug-likeness (QED) is 0.306. The highest BCUT2D eigenvalue weighted by atomic mass is 32.2. The van der Waals surface area contributed by atoms with Crippen molar-refractivity contribution in [3.05, 3.63) is 86.6 Å². The molecule has 10 heteroatoms. The fraction of sp³-hybridized carbons (Fsp3) is 0.543. The number of aryl methyl sites for hydroxylation is 1. The van der Waals surface area contributed by atoms with Crippen LogP contribution in [-0.2, 0) is 19.2 Å². The number of nitrogens with zero attached hydrogens (tertiary/aromatic N) is 3. The van der Waals surface area contributed by atoms with E-state index in [1.165, 1.54) is 5.57 Å². The zero-order valence-electron chi connectivity index (χ0n) is 33.9. The Morgan fingerprint density at radius 3 is 2.30 bits per heavy atom. The van der Waals surface area contributed by atoms with Gasteiger partial charge in [0, 0.05) is 42.6 Å². The summed E-state index contributed by atoms with van der Waals surface area (Å²) in [5, 5.41) is 10.1. The Kier molecular flexibility index (Phi) is 9.11. The number of rotatable bonds is 4. The molecule has 2 saturated heterocycles. The highest BCUT2D eigenvalue weighted by molar-refractivity contribution is 8.18. The van der Waals surface area contributed by atoms with Crippen molar-refractivity contribution in [1.29, 1.82) is 0 Å². The number of amides is 4. The Bertz CT molecular complexity index is 2140. The fourth-order valence-electron chi connectivity index (χ4n) is 12.0. The summed E-state index contributed by atoms with van der Waals surface area (Å²) in [6, 6.07) is 7.68. The summed E-state index contributed by atoms with van der Waals surface area (Å²) in [6.45, 7) is 16.9. The van der Waals surface area contributed by atoms with E-state index in [-0.39, 0.29) is 51.6 Å². The van der Waals surface area contributed by atoms with Crippen molar-refractivity contribution in [3.8, 4) is 0 Å². The van der Waals surface area contributed by atoms with E-state index in [1.807, 2.05) is 43.0 Å². The summed E-state index contributed by atoms with van der Waals surface area (Å²) in [5.74, 6) is -0.727. The van der Waals surface area contributed by atoms with Crippen molar-refractivity contribution >= 4 is 46.6 Å². The van der Waals surface area contributed by atoms with Crippen LogP contribution in [0.5, 0.6) is 0 Å². The Morgan fingerprint density at radius 1 is 0.893 bits per heavy atom. The van der Waals surface area contributed by atoms with E-state index < -0.39 is 16.6 Å². The molecule has 0 spiro atoms. The minimum Gasteiger partial charge on any atom is -0.504 e. The third-order valence-corrected chi connectivity index (χ3v) is 16.7. The number of imide groups is 1. The molecule has 5 fully saturated rings. The Labute approximate surface area is 335 Å². The van der Waals surface area contributed by atoms with Crippen molar-refractivity contribution in [3.63, 3.8) is 0 Å². The molecule has 296 valence electrons. The van der Waals surface area contributed by atoms with Crippen molar-refractivity contribution in [2.75, 3.05) is 32.7 Å². The second-order valence-electron chi connectivity index (χ2n) is 19.0. The summed E-state index contributed by atoms with van der Waals surface area (Å²) >= 11 is 0.859. The molecular weight excluding hydrogens is 723 g/mol. The number of carbonyl (C=O) groups excluding carboxylic acids is 5. The van der Waals surface area contributed by atoms with Gasteiger partial charge in [0.05, 0.1) is 4.91 Å². The number of carbonyl (C=O) groups is 5. The second kappa shape index (κ2) is 13.2. The molecule has 1 aromatic rings. The number of hydrogen-bond donors (Lipinski definition) is 1. The van der Waals surface area contributed by atoms with Crippen LogP contribution in [0.1, 0.15) is 97.6 Å². The van der Waals surface area contributed by atoms with E-state index >= 15 is 0 Å². The minimum absolute atomic E-state index is 0.0617. The number of aliphatic hydroxyl groups is 1. The van der Waals surface area contributed by atoms with E-state index in [0.717, 1.165) is 83.9 Å². The zero-order valence-corrected chi connectivity index (χ0v) is 34.7. The van der Waals surface area contributed by atoms with E-state index in [1.54, 1.807) is 17.1 Å². The highest BCUT2D eigenvalue weighted by Gasteiger charge is 2.67. The van der Waals surface area contributed by atoms with Gasteiger partial charge in [-0.3, -0.25) is 28.9 Å². The van der Waals surface area contributed by atoms with Gasteiger partial charge in [0.25, 0.3) is 11.1 Å². The molecule has 1 N–H and O–H groups in total. The zero-order chi connectivity index (χ0) is 40.2. The molecule has 5 aliphatic carbocycles. The standard InChI is InChI=1S/C46H55N3O6S/c1-28-9-8-10-30(23-28)24-34-39(53)49(41(55)56-34)27-37(51)47-19-21-48(22-20-47)40(54)43(4)14-13-42(3)15-17-45(6)35-12-11-31-29(2)38(52)33(50)25-32(31)44(35,5)16-18-46(45,7)36(42)26-43/h8-12,23-25,36,52H,13-22,26-27H2,1-7H3/b34-24-/t36-,42-,43-,44+,45-,46+/m1/s1. The van der Waals surface area contributed by atoms with Gasteiger partial charge in [-0.1, -0.05) is 82.2 Å². The van der Waals surface area contributed by atoms with Gasteiger partial charge < -0.3 is 14.9 Å². The third kappa shape index (κ3) is 5.74. The topological polar surface area (TPSA) is 115 Å². The van der Waals surface area contributed by atoms with Crippen LogP contribution in [0.3, 0.4) is 0 Å². The first kappa shape index (κ1) is 38.7. The van der Waals surface area contributed by atoms with Gasteiger partial charge >= 0.3 is 0 Å². The molecule has 2 aliphatic heterocycles. The largest absolute Gasteiger partial charge is 0.504 e. The lowest BCUT2D eigenvalue weighted by molar-refractivity contribution is -0.175. The lowest BCUT2D eigenvalue weighted by Crippen LogP contribution is -2.63. The number of ketones is 1. The Morgan fingerprint density at radius 2 is 1.59 bits per heavy atom. The molecule has 7 aliphatic rings. The van der Waals surface area contributed by atoms with Crippen LogP contribution >= 0.6 is 11.8 Å². The average molecular weight is 778 g/mol. The van der Waals surface area contributed by atoms with Crippen LogP contribution < -0.4 is 0 Å². The third-order valence-electron chi connectivity index (χ3n) is 15.8. The first-order valence-electron chi connectivity index (χ1n) is 20.3. The summed E-state index contributed by atoms with van der Waals surface area (Å²) in [4.78, 5) is 71.9. The number of hydrogen-bond acceptors (Lipinski definition) is 7. The number of piperazine rings is 1.